The Kier molecular flexibility index (Phi) is 4.88. The van der Waals surface area contributed by atoms with Crippen LogP contribution < -0.4 is 16.0 Å². The van der Waals surface area contributed by atoms with Gasteiger partial charge < -0.3 is 25.3 Å². The second kappa shape index (κ2) is 7.48. The molecule has 1 aliphatic carbocycles. The summed E-state index contributed by atoms with van der Waals surface area (Å²) in [6, 6.07) is 3.39. The van der Waals surface area contributed by atoms with Gasteiger partial charge in [0.2, 0.25) is 5.91 Å². The number of nitrogens with zero attached hydrogens (tertiary/aromatic N) is 1. The highest BCUT2D eigenvalue weighted by molar-refractivity contribution is 6.34. The molecule has 2 aromatic rings. The summed E-state index contributed by atoms with van der Waals surface area (Å²) in [7, 11) is 1.78. The lowest BCUT2D eigenvalue weighted by Gasteiger charge is -2.44. The molecule has 2 fully saturated rings. The lowest BCUT2D eigenvalue weighted by Crippen LogP contribution is -2.48. The zero-order valence-electron chi connectivity index (χ0n) is 17.6. The van der Waals surface area contributed by atoms with E-state index >= 15 is 0 Å². The molecule has 164 valence electrons. The molecule has 1 spiro atoms. The van der Waals surface area contributed by atoms with Crippen molar-refractivity contribution in [2.24, 2.45) is 0 Å². The maximum atomic E-state index is 12.9. The third kappa shape index (κ3) is 3.45. The molecule has 0 radical (unpaired) electrons. The van der Waals surface area contributed by atoms with E-state index < -0.39 is 0 Å². The predicted molar refractivity (Wildman–Crippen MR) is 120 cm³/mol. The Labute approximate surface area is 186 Å². The zero-order valence-corrected chi connectivity index (χ0v) is 18.4. The van der Waals surface area contributed by atoms with Crippen LogP contribution in [0.25, 0.3) is 11.0 Å². The highest BCUT2D eigenvalue weighted by Gasteiger charge is 2.42. The van der Waals surface area contributed by atoms with Crippen molar-refractivity contribution < 1.29 is 14.0 Å². The Hall–Kier alpha value is -2.67. The predicted octanol–water partition coefficient (Wildman–Crippen LogP) is 4.08. The molecule has 3 aliphatic rings. The van der Waals surface area contributed by atoms with Gasteiger partial charge in [-0.15, -0.1) is 0 Å². The van der Waals surface area contributed by atoms with Gasteiger partial charge in [0, 0.05) is 37.0 Å². The number of hydrogen-bond donors (Lipinski definition) is 3. The number of hydrogen-bond acceptors (Lipinski definition) is 5. The number of fused-ring (bicyclic) bond motifs is 4. The molecule has 5 rings (SSSR count). The van der Waals surface area contributed by atoms with Crippen molar-refractivity contribution in [3.63, 3.8) is 0 Å². The SMILES string of the molecule is C=C1Nc2c(Cl)cc3cc(C(=O)NC4CCN(C)C(=O)C4)oc3c2C2(CCCCC2)N1. The van der Waals surface area contributed by atoms with Crippen molar-refractivity contribution in [2.75, 3.05) is 18.9 Å². The highest BCUT2D eigenvalue weighted by atomic mass is 35.5. The Morgan fingerprint density at radius 2 is 2.10 bits per heavy atom. The van der Waals surface area contributed by atoms with Gasteiger partial charge in [-0.05, 0) is 31.4 Å². The van der Waals surface area contributed by atoms with Gasteiger partial charge in [0.1, 0.15) is 5.58 Å². The number of halogens is 1. The smallest absolute Gasteiger partial charge is 0.287 e. The lowest BCUT2D eigenvalue weighted by molar-refractivity contribution is -0.132. The summed E-state index contributed by atoms with van der Waals surface area (Å²) in [4.78, 5) is 26.6. The van der Waals surface area contributed by atoms with E-state index in [0.29, 0.717) is 23.6 Å². The van der Waals surface area contributed by atoms with E-state index in [1.807, 2.05) is 6.07 Å². The summed E-state index contributed by atoms with van der Waals surface area (Å²) in [5, 5.41) is 11.2. The Morgan fingerprint density at radius 1 is 1.32 bits per heavy atom. The maximum Gasteiger partial charge on any atom is 0.287 e. The van der Waals surface area contributed by atoms with Crippen molar-refractivity contribution in [2.45, 2.75) is 56.5 Å². The molecule has 1 atom stereocenters. The third-order valence-corrected chi connectivity index (χ3v) is 7.13. The molecular weight excluding hydrogens is 416 g/mol. The van der Waals surface area contributed by atoms with Gasteiger partial charge >= 0.3 is 0 Å². The topological polar surface area (TPSA) is 86.6 Å². The standard InChI is InChI=1S/C23H27ClN4O3/c1-13-25-20-16(24)10-14-11-17(22(30)26-15-6-9-28(2)18(29)12-15)31-21(14)19(20)23(27-13)7-4-3-5-8-23/h10-11,15,25,27H,1,3-9,12H2,2H3,(H,26,30). The number of carbonyl (C=O) groups is 2. The molecule has 3 N–H and O–H groups in total. The van der Waals surface area contributed by atoms with Crippen molar-refractivity contribution >= 4 is 40.1 Å². The van der Waals surface area contributed by atoms with Crippen molar-refractivity contribution in [1.29, 1.82) is 0 Å². The Morgan fingerprint density at radius 3 is 2.84 bits per heavy atom. The fourth-order valence-electron chi connectivity index (χ4n) is 5.23. The van der Waals surface area contributed by atoms with Crippen LogP contribution in [-0.4, -0.2) is 36.3 Å². The summed E-state index contributed by atoms with van der Waals surface area (Å²) in [5.41, 5.74) is 2.17. The van der Waals surface area contributed by atoms with Crippen LogP contribution in [0.1, 0.15) is 61.1 Å². The van der Waals surface area contributed by atoms with Gasteiger partial charge in [-0.3, -0.25) is 9.59 Å². The molecule has 0 bridgehead atoms. The van der Waals surface area contributed by atoms with Crippen LogP contribution in [0.2, 0.25) is 5.02 Å². The second-order valence-electron chi connectivity index (χ2n) is 8.99. The minimum absolute atomic E-state index is 0.0404. The monoisotopic (exact) mass is 442 g/mol. The first-order chi connectivity index (χ1) is 14.9. The molecule has 2 amide bonds. The van der Waals surface area contributed by atoms with Crippen LogP contribution in [0, 0.1) is 0 Å². The molecule has 1 saturated carbocycles. The Balaban J connectivity index is 1.52. The van der Waals surface area contributed by atoms with E-state index in [0.717, 1.165) is 54.6 Å². The first-order valence-electron chi connectivity index (χ1n) is 10.9. The molecule has 1 unspecified atom stereocenters. The number of rotatable bonds is 2. The largest absolute Gasteiger partial charge is 0.450 e. The van der Waals surface area contributed by atoms with Crippen LogP contribution in [-0.2, 0) is 10.3 Å². The number of likely N-dealkylation sites (tertiary alicyclic amines) is 1. The summed E-state index contributed by atoms with van der Waals surface area (Å²) in [6.45, 7) is 4.72. The van der Waals surface area contributed by atoms with Crippen LogP contribution in [0.4, 0.5) is 5.69 Å². The lowest BCUT2D eigenvalue weighted by atomic mass is 9.74. The molecule has 1 saturated heterocycles. The molecule has 1 aromatic carbocycles. The van der Waals surface area contributed by atoms with Crippen molar-refractivity contribution in [3.8, 4) is 0 Å². The molecule has 1 aromatic heterocycles. The third-order valence-electron chi connectivity index (χ3n) is 6.83. The normalized spacial score (nSPS) is 22.8. The average molecular weight is 443 g/mol. The zero-order chi connectivity index (χ0) is 21.8. The van der Waals surface area contributed by atoms with Gasteiger partial charge in [-0.25, -0.2) is 0 Å². The van der Waals surface area contributed by atoms with E-state index in [4.69, 9.17) is 16.0 Å². The van der Waals surface area contributed by atoms with Gasteiger partial charge in [-0.1, -0.05) is 37.4 Å². The van der Waals surface area contributed by atoms with Gasteiger partial charge in [0.25, 0.3) is 5.91 Å². The quantitative estimate of drug-likeness (QED) is 0.652. The van der Waals surface area contributed by atoms with Gasteiger partial charge in [-0.2, -0.15) is 0 Å². The minimum atomic E-state index is -0.303. The van der Waals surface area contributed by atoms with Gasteiger partial charge in [0.05, 0.1) is 22.1 Å². The van der Waals surface area contributed by atoms with E-state index in [9.17, 15) is 9.59 Å². The molecule has 31 heavy (non-hydrogen) atoms. The van der Waals surface area contributed by atoms with Crippen LogP contribution in [0.3, 0.4) is 0 Å². The van der Waals surface area contributed by atoms with Crippen LogP contribution >= 0.6 is 11.6 Å². The van der Waals surface area contributed by atoms with Crippen LogP contribution in [0.15, 0.2) is 28.9 Å². The maximum absolute atomic E-state index is 12.9. The summed E-state index contributed by atoms with van der Waals surface area (Å²) >= 11 is 6.65. The number of amides is 2. The van der Waals surface area contributed by atoms with Crippen molar-refractivity contribution in [1.82, 2.24) is 15.5 Å². The molecule has 3 heterocycles. The van der Waals surface area contributed by atoms with E-state index in [1.54, 1.807) is 18.0 Å². The average Bonchev–Trinajstić information content (AvgIpc) is 3.15. The molecule has 2 aliphatic heterocycles. The first-order valence-corrected chi connectivity index (χ1v) is 11.3. The summed E-state index contributed by atoms with van der Waals surface area (Å²) in [5.74, 6) is 0.703. The summed E-state index contributed by atoms with van der Waals surface area (Å²) in [6.07, 6.45) is 6.35. The minimum Gasteiger partial charge on any atom is -0.450 e. The Bertz CT molecular complexity index is 1090. The number of anilines is 1. The fraction of sp³-hybridized carbons (Fsp3) is 0.478. The van der Waals surface area contributed by atoms with Crippen molar-refractivity contribution in [3.05, 3.63) is 40.9 Å². The number of nitrogens with one attached hydrogen (secondary N) is 3. The van der Waals surface area contributed by atoms with Crippen LogP contribution in [0.5, 0.6) is 0 Å². The molecule has 7 nitrogen and oxygen atoms in total. The highest BCUT2D eigenvalue weighted by Crippen LogP contribution is 2.49. The number of furan rings is 1. The number of benzene rings is 1. The number of piperidine rings is 1. The van der Waals surface area contributed by atoms with Gasteiger partial charge in [0.15, 0.2) is 5.76 Å². The van der Waals surface area contributed by atoms with E-state index in [1.165, 1.54) is 6.42 Å². The first kappa shape index (κ1) is 20.2. The molecular formula is C23H27ClN4O3. The van der Waals surface area contributed by atoms with E-state index in [2.05, 4.69) is 22.5 Å². The fourth-order valence-corrected chi connectivity index (χ4v) is 5.49. The molecule has 8 heteroatoms. The second-order valence-corrected chi connectivity index (χ2v) is 9.39. The van der Waals surface area contributed by atoms with E-state index in [-0.39, 0.29) is 29.2 Å². The summed E-state index contributed by atoms with van der Waals surface area (Å²) < 4.78 is 6.16. The number of carbonyl (C=O) groups excluding carboxylic acids is 2.